The van der Waals surface area contributed by atoms with Gasteiger partial charge in [0.05, 0.1) is 10.8 Å². The summed E-state index contributed by atoms with van der Waals surface area (Å²) in [7, 11) is 0. The number of likely N-dealkylation sites (tertiary alicyclic amines) is 1. The molecule has 1 saturated heterocycles. The minimum Gasteiger partial charge on any atom is -0.484 e. The molecule has 166 valence electrons. The van der Waals surface area contributed by atoms with Crippen LogP contribution in [0.3, 0.4) is 0 Å². The Labute approximate surface area is 192 Å². The minimum atomic E-state index is 0.251. The molecule has 2 saturated carbocycles. The second kappa shape index (κ2) is 9.41. The molecule has 0 N–H and O–H groups in total. The molecule has 1 aromatic heterocycles. The third-order valence-electron chi connectivity index (χ3n) is 6.73. The third kappa shape index (κ3) is 4.72. The molecule has 8 heteroatoms. The van der Waals surface area contributed by atoms with Crippen LogP contribution in [0, 0.1) is 5.92 Å². The molecule has 31 heavy (non-hydrogen) atoms. The van der Waals surface area contributed by atoms with Crippen molar-refractivity contribution in [3.05, 3.63) is 35.1 Å². The first-order chi connectivity index (χ1) is 15.2. The summed E-state index contributed by atoms with van der Waals surface area (Å²) in [5.41, 5.74) is 0. The Morgan fingerprint density at radius 1 is 1.10 bits per heavy atom. The zero-order valence-electron chi connectivity index (χ0n) is 17.7. The van der Waals surface area contributed by atoms with Gasteiger partial charge in [-0.3, -0.25) is 9.36 Å². The fourth-order valence-electron chi connectivity index (χ4n) is 5.05. The van der Waals surface area contributed by atoms with Crippen LogP contribution in [-0.4, -0.2) is 43.9 Å². The second-order valence-corrected chi connectivity index (χ2v) is 10.2. The first kappa shape index (κ1) is 21.1. The lowest BCUT2D eigenvalue weighted by Crippen LogP contribution is -2.50. The van der Waals surface area contributed by atoms with Crippen LogP contribution in [0.5, 0.6) is 5.75 Å². The van der Waals surface area contributed by atoms with E-state index in [0.717, 1.165) is 36.8 Å². The predicted molar refractivity (Wildman–Crippen MR) is 121 cm³/mol. The molecule has 2 aromatic rings. The molecule has 2 atom stereocenters. The summed E-state index contributed by atoms with van der Waals surface area (Å²) in [5, 5.41) is 10.2. The Balaban J connectivity index is 1.23. The van der Waals surface area contributed by atoms with Crippen LogP contribution in [0.4, 0.5) is 0 Å². The van der Waals surface area contributed by atoms with Crippen molar-refractivity contribution >= 4 is 29.3 Å². The lowest BCUT2D eigenvalue weighted by Gasteiger charge is -2.44. The van der Waals surface area contributed by atoms with Gasteiger partial charge in [-0.25, -0.2) is 0 Å². The summed E-state index contributed by atoms with van der Waals surface area (Å²) in [4.78, 5) is 15.3. The number of nitrogens with zero attached hydrogens (tertiary/aromatic N) is 4. The van der Waals surface area contributed by atoms with E-state index in [1.165, 1.54) is 43.9 Å². The number of aromatic nitrogens is 3. The van der Waals surface area contributed by atoms with Gasteiger partial charge in [0.15, 0.2) is 11.0 Å². The molecule has 3 aliphatic rings. The zero-order chi connectivity index (χ0) is 21.2. The van der Waals surface area contributed by atoms with Gasteiger partial charge in [-0.05, 0) is 56.6 Å². The predicted octanol–water partition coefficient (Wildman–Crippen LogP) is 5.12. The van der Waals surface area contributed by atoms with Crippen molar-refractivity contribution in [3.8, 4) is 5.75 Å². The van der Waals surface area contributed by atoms with Crippen molar-refractivity contribution in [2.24, 2.45) is 5.92 Å². The average molecular weight is 461 g/mol. The van der Waals surface area contributed by atoms with Crippen LogP contribution in [0.25, 0.3) is 0 Å². The number of benzene rings is 1. The first-order valence-corrected chi connectivity index (χ1v) is 12.8. The number of carbonyl (C=O) groups excluding carboxylic acids is 1. The minimum absolute atomic E-state index is 0.251. The molecule has 1 aromatic carbocycles. The molecule has 2 heterocycles. The Bertz CT molecular complexity index is 930. The number of rotatable bonds is 7. The van der Waals surface area contributed by atoms with Crippen molar-refractivity contribution in [2.75, 3.05) is 12.3 Å². The zero-order valence-corrected chi connectivity index (χ0v) is 19.3. The fraction of sp³-hybridized carbons (Fsp3) is 0.609. The van der Waals surface area contributed by atoms with E-state index < -0.39 is 0 Å². The molecular formula is C23H29ClN4O2S. The number of thioether (sulfide) groups is 1. The van der Waals surface area contributed by atoms with Crippen molar-refractivity contribution in [3.63, 3.8) is 0 Å². The van der Waals surface area contributed by atoms with Gasteiger partial charge < -0.3 is 9.64 Å². The van der Waals surface area contributed by atoms with Crippen LogP contribution in [0.15, 0.2) is 29.4 Å². The number of carbonyl (C=O) groups is 1. The number of para-hydroxylation sites is 1. The van der Waals surface area contributed by atoms with Crippen molar-refractivity contribution in [2.45, 2.75) is 75.2 Å². The van der Waals surface area contributed by atoms with Gasteiger partial charge in [-0.1, -0.05) is 48.3 Å². The number of amides is 1. The molecule has 6 nitrogen and oxygen atoms in total. The molecule has 0 unspecified atom stereocenters. The Hall–Kier alpha value is -1.73. The van der Waals surface area contributed by atoms with Gasteiger partial charge in [0.25, 0.3) is 0 Å². The molecular weight excluding hydrogens is 432 g/mol. The number of ether oxygens (including phenoxy) is 1. The molecule has 1 amide bonds. The van der Waals surface area contributed by atoms with Crippen LogP contribution in [-0.2, 0) is 11.4 Å². The Morgan fingerprint density at radius 3 is 2.74 bits per heavy atom. The van der Waals surface area contributed by atoms with Crippen molar-refractivity contribution < 1.29 is 9.53 Å². The lowest BCUT2D eigenvalue weighted by molar-refractivity contribution is -0.134. The van der Waals surface area contributed by atoms with Crippen LogP contribution < -0.4 is 4.74 Å². The van der Waals surface area contributed by atoms with Gasteiger partial charge in [0.1, 0.15) is 12.4 Å². The van der Waals surface area contributed by atoms with E-state index in [-0.39, 0.29) is 5.91 Å². The summed E-state index contributed by atoms with van der Waals surface area (Å²) < 4.78 is 8.06. The van der Waals surface area contributed by atoms with E-state index in [0.29, 0.717) is 41.1 Å². The fourth-order valence-corrected chi connectivity index (χ4v) is 6.15. The monoisotopic (exact) mass is 460 g/mol. The third-order valence-corrected chi connectivity index (χ3v) is 7.97. The lowest BCUT2D eigenvalue weighted by atomic mass is 9.78. The van der Waals surface area contributed by atoms with Crippen LogP contribution >= 0.6 is 23.4 Å². The number of piperidine rings is 1. The number of halogens is 1. The van der Waals surface area contributed by atoms with E-state index in [2.05, 4.69) is 19.7 Å². The highest BCUT2D eigenvalue weighted by molar-refractivity contribution is 7.99. The van der Waals surface area contributed by atoms with Gasteiger partial charge in [0.2, 0.25) is 5.91 Å². The van der Waals surface area contributed by atoms with Crippen molar-refractivity contribution in [1.82, 2.24) is 19.7 Å². The quantitative estimate of drug-likeness (QED) is 0.537. The first-order valence-electron chi connectivity index (χ1n) is 11.4. The highest BCUT2D eigenvalue weighted by Crippen LogP contribution is 2.40. The van der Waals surface area contributed by atoms with Gasteiger partial charge in [0, 0.05) is 18.6 Å². The molecule has 3 fully saturated rings. The number of fused-ring (bicyclic) bond motifs is 1. The molecule has 0 radical (unpaired) electrons. The maximum absolute atomic E-state index is 13.1. The SMILES string of the molecule is O=C(CSc1nnc(COc2ccccc2Cl)n1C1CC1)N1CCC[C@@H]2CCCC[C@H]21. The van der Waals surface area contributed by atoms with E-state index in [9.17, 15) is 4.79 Å². The average Bonchev–Trinajstić information content (AvgIpc) is 3.56. The molecule has 1 aliphatic heterocycles. The van der Waals surface area contributed by atoms with E-state index in [1.807, 2.05) is 24.3 Å². The number of hydrogen-bond donors (Lipinski definition) is 0. The van der Waals surface area contributed by atoms with E-state index in [1.54, 1.807) is 0 Å². The van der Waals surface area contributed by atoms with Gasteiger partial charge in [-0.2, -0.15) is 0 Å². The van der Waals surface area contributed by atoms with Crippen LogP contribution in [0.1, 0.15) is 63.2 Å². The molecule has 0 bridgehead atoms. The molecule has 2 aliphatic carbocycles. The van der Waals surface area contributed by atoms with Crippen molar-refractivity contribution in [1.29, 1.82) is 0 Å². The maximum atomic E-state index is 13.1. The highest BCUT2D eigenvalue weighted by Gasteiger charge is 2.36. The highest BCUT2D eigenvalue weighted by atomic mass is 35.5. The standard InChI is InChI=1S/C23H29ClN4O2S/c24-18-8-2-4-10-20(18)30-14-21-25-26-23(28(21)17-11-12-17)31-15-22(29)27-13-5-7-16-6-1-3-9-19(16)27/h2,4,8,10,16-17,19H,1,3,5-7,9,11-15H2/t16-,19+/m0/s1. The second-order valence-electron chi connectivity index (χ2n) is 8.85. The Kier molecular flexibility index (Phi) is 6.41. The largest absolute Gasteiger partial charge is 0.484 e. The van der Waals surface area contributed by atoms with Gasteiger partial charge in [-0.15, -0.1) is 10.2 Å². The van der Waals surface area contributed by atoms with E-state index in [4.69, 9.17) is 16.3 Å². The summed E-state index contributed by atoms with van der Waals surface area (Å²) in [5.74, 6) is 2.83. The molecule has 5 rings (SSSR count). The Morgan fingerprint density at radius 2 is 1.90 bits per heavy atom. The number of hydrogen-bond acceptors (Lipinski definition) is 5. The summed E-state index contributed by atoms with van der Waals surface area (Å²) >= 11 is 7.72. The smallest absolute Gasteiger partial charge is 0.233 e. The van der Waals surface area contributed by atoms with Gasteiger partial charge >= 0.3 is 0 Å². The maximum Gasteiger partial charge on any atom is 0.233 e. The summed E-state index contributed by atoms with van der Waals surface area (Å²) in [6.07, 6.45) is 9.69. The summed E-state index contributed by atoms with van der Waals surface area (Å²) in [6.45, 7) is 1.23. The topological polar surface area (TPSA) is 60.2 Å². The molecule has 0 spiro atoms. The van der Waals surface area contributed by atoms with Crippen LogP contribution in [0.2, 0.25) is 5.02 Å². The van der Waals surface area contributed by atoms with E-state index >= 15 is 0 Å². The normalized spacial score (nSPS) is 23.5. The summed E-state index contributed by atoms with van der Waals surface area (Å²) in [6, 6.07) is 8.31.